The predicted octanol–water partition coefficient (Wildman–Crippen LogP) is 2.53. The van der Waals surface area contributed by atoms with Gasteiger partial charge in [0.15, 0.2) is 0 Å². The Kier molecular flexibility index (Phi) is 3.44. The van der Waals surface area contributed by atoms with Crippen molar-refractivity contribution in [2.75, 3.05) is 19.0 Å². The number of rotatable bonds is 4. The standard InChI is InChI=1S/C13H19FN2/c1-15-9-10-5-3-8-12(14)13(10)16(2)11-6-4-7-11/h3,5,8,11,15H,4,6-7,9H2,1-2H3. The van der Waals surface area contributed by atoms with Crippen molar-refractivity contribution in [3.8, 4) is 0 Å². The Hall–Kier alpha value is -1.09. The maximum atomic E-state index is 13.9. The highest BCUT2D eigenvalue weighted by molar-refractivity contribution is 5.55. The lowest BCUT2D eigenvalue weighted by Crippen LogP contribution is -2.38. The molecule has 16 heavy (non-hydrogen) atoms. The average molecular weight is 222 g/mol. The maximum absolute atomic E-state index is 13.9. The summed E-state index contributed by atoms with van der Waals surface area (Å²) in [6.07, 6.45) is 3.64. The van der Waals surface area contributed by atoms with Crippen LogP contribution in [0, 0.1) is 5.82 Å². The molecule has 0 bridgehead atoms. The molecule has 1 aliphatic rings. The highest BCUT2D eigenvalue weighted by atomic mass is 19.1. The molecule has 1 aliphatic carbocycles. The summed E-state index contributed by atoms with van der Waals surface area (Å²) in [5.74, 6) is -0.109. The minimum Gasteiger partial charge on any atom is -0.369 e. The van der Waals surface area contributed by atoms with Gasteiger partial charge in [-0.05, 0) is 37.9 Å². The van der Waals surface area contributed by atoms with Crippen LogP contribution in [-0.4, -0.2) is 20.1 Å². The second-order valence-corrected chi connectivity index (χ2v) is 4.47. The van der Waals surface area contributed by atoms with E-state index >= 15 is 0 Å². The second kappa shape index (κ2) is 4.83. The van der Waals surface area contributed by atoms with E-state index in [1.807, 2.05) is 20.2 Å². The first-order valence-electron chi connectivity index (χ1n) is 5.89. The first-order valence-corrected chi connectivity index (χ1v) is 5.89. The van der Waals surface area contributed by atoms with Gasteiger partial charge in [0, 0.05) is 19.6 Å². The van der Waals surface area contributed by atoms with Crippen molar-refractivity contribution in [1.29, 1.82) is 0 Å². The highest BCUT2D eigenvalue weighted by Gasteiger charge is 2.25. The SMILES string of the molecule is CNCc1cccc(F)c1N(C)C1CCC1. The van der Waals surface area contributed by atoms with Crippen molar-refractivity contribution < 1.29 is 4.39 Å². The Balaban J connectivity index is 2.28. The number of nitrogens with zero attached hydrogens (tertiary/aromatic N) is 1. The summed E-state index contributed by atoms with van der Waals surface area (Å²) < 4.78 is 13.9. The van der Waals surface area contributed by atoms with Crippen LogP contribution in [0.4, 0.5) is 10.1 Å². The van der Waals surface area contributed by atoms with E-state index in [0.29, 0.717) is 12.6 Å². The van der Waals surface area contributed by atoms with E-state index in [1.165, 1.54) is 19.3 Å². The number of halogens is 1. The quantitative estimate of drug-likeness (QED) is 0.842. The molecule has 2 nitrogen and oxygen atoms in total. The van der Waals surface area contributed by atoms with Crippen LogP contribution >= 0.6 is 0 Å². The summed E-state index contributed by atoms with van der Waals surface area (Å²) in [5.41, 5.74) is 1.80. The first kappa shape index (κ1) is 11.4. The van der Waals surface area contributed by atoms with E-state index < -0.39 is 0 Å². The first-order chi connectivity index (χ1) is 7.74. The molecule has 1 aromatic rings. The molecule has 0 aromatic heterocycles. The highest BCUT2D eigenvalue weighted by Crippen LogP contribution is 2.32. The summed E-state index contributed by atoms with van der Waals surface area (Å²) in [7, 11) is 3.89. The molecule has 0 aliphatic heterocycles. The third-order valence-corrected chi connectivity index (χ3v) is 3.41. The van der Waals surface area contributed by atoms with Gasteiger partial charge in [-0.15, -0.1) is 0 Å². The minimum atomic E-state index is -0.109. The number of hydrogen-bond acceptors (Lipinski definition) is 2. The molecule has 0 unspecified atom stereocenters. The number of anilines is 1. The van der Waals surface area contributed by atoms with Crippen LogP contribution < -0.4 is 10.2 Å². The Labute approximate surface area is 96.5 Å². The zero-order valence-corrected chi connectivity index (χ0v) is 9.96. The van der Waals surface area contributed by atoms with Crippen LogP contribution in [0.5, 0.6) is 0 Å². The maximum Gasteiger partial charge on any atom is 0.146 e. The second-order valence-electron chi connectivity index (χ2n) is 4.47. The number of nitrogens with one attached hydrogen (secondary N) is 1. The van der Waals surface area contributed by atoms with Gasteiger partial charge in [-0.3, -0.25) is 0 Å². The van der Waals surface area contributed by atoms with Crippen molar-refractivity contribution >= 4 is 5.69 Å². The third-order valence-electron chi connectivity index (χ3n) is 3.41. The van der Waals surface area contributed by atoms with Crippen LogP contribution in [0.15, 0.2) is 18.2 Å². The minimum absolute atomic E-state index is 0.109. The molecule has 0 saturated heterocycles. The number of benzene rings is 1. The molecular formula is C13H19FN2. The monoisotopic (exact) mass is 222 g/mol. The molecule has 0 atom stereocenters. The van der Waals surface area contributed by atoms with E-state index in [9.17, 15) is 4.39 Å². The van der Waals surface area contributed by atoms with Gasteiger partial charge >= 0.3 is 0 Å². The van der Waals surface area contributed by atoms with E-state index in [2.05, 4.69) is 10.2 Å². The summed E-state index contributed by atoms with van der Waals surface area (Å²) >= 11 is 0. The van der Waals surface area contributed by atoms with Gasteiger partial charge < -0.3 is 10.2 Å². The van der Waals surface area contributed by atoms with Gasteiger partial charge in [0.2, 0.25) is 0 Å². The van der Waals surface area contributed by atoms with Crippen molar-refractivity contribution in [3.63, 3.8) is 0 Å². The van der Waals surface area contributed by atoms with Gasteiger partial charge in [-0.2, -0.15) is 0 Å². The summed E-state index contributed by atoms with van der Waals surface area (Å²) in [5, 5.41) is 3.09. The lowest BCUT2D eigenvalue weighted by atomic mass is 9.91. The van der Waals surface area contributed by atoms with Gasteiger partial charge in [-0.1, -0.05) is 12.1 Å². The molecule has 0 amide bonds. The Bertz CT molecular complexity index is 361. The van der Waals surface area contributed by atoms with Crippen LogP contribution in [-0.2, 0) is 6.54 Å². The van der Waals surface area contributed by atoms with Gasteiger partial charge in [0.1, 0.15) is 5.82 Å². The molecule has 88 valence electrons. The smallest absolute Gasteiger partial charge is 0.146 e. The van der Waals surface area contributed by atoms with Crippen molar-refractivity contribution in [3.05, 3.63) is 29.6 Å². The Morgan fingerprint density at radius 1 is 1.44 bits per heavy atom. The zero-order valence-electron chi connectivity index (χ0n) is 9.96. The summed E-state index contributed by atoms with van der Waals surface area (Å²) in [6.45, 7) is 0.712. The van der Waals surface area contributed by atoms with Crippen molar-refractivity contribution in [1.82, 2.24) is 5.32 Å². The molecular weight excluding hydrogens is 203 g/mol. The fourth-order valence-electron chi connectivity index (χ4n) is 2.24. The molecule has 0 heterocycles. The van der Waals surface area contributed by atoms with Crippen LogP contribution in [0.2, 0.25) is 0 Å². The Morgan fingerprint density at radius 2 is 2.19 bits per heavy atom. The van der Waals surface area contributed by atoms with Gasteiger partial charge in [0.25, 0.3) is 0 Å². The predicted molar refractivity (Wildman–Crippen MR) is 65.2 cm³/mol. The lowest BCUT2D eigenvalue weighted by Gasteiger charge is -2.37. The molecule has 1 fully saturated rings. The van der Waals surface area contributed by atoms with E-state index in [1.54, 1.807) is 12.1 Å². The van der Waals surface area contributed by atoms with Crippen molar-refractivity contribution in [2.45, 2.75) is 31.8 Å². The number of para-hydroxylation sites is 1. The number of hydrogen-bond donors (Lipinski definition) is 1. The molecule has 0 spiro atoms. The summed E-state index contributed by atoms with van der Waals surface area (Å²) in [4.78, 5) is 2.10. The fourth-order valence-corrected chi connectivity index (χ4v) is 2.24. The van der Waals surface area contributed by atoms with E-state index in [-0.39, 0.29) is 5.82 Å². The Morgan fingerprint density at radius 3 is 2.75 bits per heavy atom. The average Bonchev–Trinajstić information content (AvgIpc) is 2.15. The third kappa shape index (κ3) is 2.05. The van der Waals surface area contributed by atoms with Crippen LogP contribution in [0.25, 0.3) is 0 Å². The van der Waals surface area contributed by atoms with Gasteiger partial charge in [0.05, 0.1) is 5.69 Å². The fraction of sp³-hybridized carbons (Fsp3) is 0.538. The molecule has 1 N–H and O–H groups in total. The summed E-state index contributed by atoms with van der Waals surface area (Å²) in [6, 6.07) is 5.83. The molecule has 3 heteroatoms. The molecule has 1 aromatic carbocycles. The topological polar surface area (TPSA) is 15.3 Å². The lowest BCUT2D eigenvalue weighted by molar-refractivity contribution is 0.397. The largest absolute Gasteiger partial charge is 0.369 e. The zero-order chi connectivity index (χ0) is 11.5. The van der Waals surface area contributed by atoms with Crippen molar-refractivity contribution in [2.24, 2.45) is 0 Å². The van der Waals surface area contributed by atoms with Crippen LogP contribution in [0.3, 0.4) is 0 Å². The van der Waals surface area contributed by atoms with E-state index in [4.69, 9.17) is 0 Å². The van der Waals surface area contributed by atoms with E-state index in [0.717, 1.165) is 11.3 Å². The molecule has 2 rings (SSSR count). The molecule has 1 saturated carbocycles. The van der Waals surface area contributed by atoms with Gasteiger partial charge in [-0.25, -0.2) is 4.39 Å². The molecule has 0 radical (unpaired) electrons. The normalized spacial score (nSPS) is 15.9. The van der Waals surface area contributed by atoms with Crippen LogP contribution in [0.1, 0.15) is 24.8 Å².